The summed E-state index contributed by atoms with van der Waals surface area (Å²) in [5, 5.41) is 1.34. The molecule has 2 heterocycles. The van der Waals surface area contributed by atoms with Gasteiger partial charge in [0.25, 0.3) is 0 Å². The molecule has 1 aliphatic rings. The van der Waals surface area contributed by atoms with Gasteiger partial charge in [0.2, 0.25) is 0 Å². The zero-order valence-corrected chi connectivity index (χ0v) is 8.43. The molecule has 0 aromatic carbocycles. The highest BCUT2D eigenvalue weighted by molar-refractivity contribution is 5.81. The van der Waals surface area contributed by atoms with Crippen LogP contribution >= 0.6 is 0 Å². The molecule has 0 unspecified atom stereocenters. The molecular weight excluding hydrogens is 172 g/mol. The van der Waals surface area contributed by atoms with Gasteiger partial charge in [-0.2, -0.15) is 0 Å². The van der Waals surface area contributed by atoms with Crippen LogP contribution in [0.5, 0.6) is 0 Å². The number of hydrogen-bond donors (Lipinski definition) is 1. The number of aromatic nitrogens is 2. The van der Waals surface area contributed by atoms with Gasteiger partial charge in [-0.1, -0.05) is 0 Å². The lowest BCUT2D eigenvalue weighted by molar-refractivity contribution is 0.680. The van der Waals surface area contributed by atoms with Crippen LogP contribution in [0.4, 0.5) is 0 Å². The Morgan fingerprint density at radius 2 is 2.07 bits per heavy atom. The van der Waals surface area contributed by atoms with E-state index in [1.807, 2.05) is 6.92 Å². The van der Waals surface area contributed by atoms with Gasteiger partial charge < -0.3 is 4.98 Å². The minimum absolute atomic E-state index is 1.08. The second-order valence-electron chi connectivity index (χ2n) is 4.14. The molecule has 0 saturated heterocycles. The van der Waals surface area contributed by atoms with E-state index in [0.29, 0.717) is 0 Å². The Balaban J connectivity index is 2.31. The number of hydrogen-bond acceptors (Lipinski definition) is 1. The first-order valence-electron chi connectivity index (χ1n) is 5.32. The van der Waals surface area contributed by atoms with E-state index in [9.17, 15) is 0 Å². The molecule has 0 atom stereocenters. The highest BCUT2D eigenvalue weighted by Gasteiger charge is 2.15. The number of fused-ring (bicyclic) bond motifs is 3. The van der Waals surface area contributed by atoms with Crippen molar-refractivity contribution in [3.8, 4) is 0 Å². The lowest BCUT2D eigenvalue weighted by Crippen LogP contribution is -1.99. The lowest BCUT2D eigenvalue weighted by atomic mass is 9.96. The Kier molecular flexibility index (Phi) is 1.63. The average molecular weight is 186 g/mol. The predicted octanol–water partition coefficient (Wildman–Crippen LogP) is 2.75. The molecule has 0 bridgehead atoms. The Morgan fingerprint density at radius 1 is 1.21 bits per heavy atom. The molecule has 0 aliphatic heterocycles. The van der Waals surface area contributed by atoms with Crippen molar-refractivity contribution in [2.75, 3.05) is 0 Å². The highest BCUT2D eigenvalue weighted by Crippen LogP contribution is 2.27. The van der Waals surface area contributed by atoms with E-state index in [1.165, 1.54) is 42.3 Å². The number of aromatic amines is 1. The molecule has 14 heavy (non-hydrogen) atoms. The number of nitrogens with one attached hydrogen (secondary N) is 1. The number of pyridine rings is 1. The molecule has 2 heteroatoms. The number of nitrogens with zero attached hydrogens (tertiary/aromatic N) is 1. The van der Waals surface area contributed by atoms with Crippen molar-refractivity contribution in [1.82, 2.24) is 9.97 Å². The maximum absolute atomic E-state index is 4.53. The van der Waals surface area contributed by atoms with E-state index in [-0.39, 0.29) is 0 Å². The third-order valence-electron chi connectivity index (χ3n) is 3.10. The summed E-state index contributed by atoms with van der Waals surface area (Å²) < 4.78 is 0. The molecule has 72 valence electrons. The molecule has 2 aromatic heterocycles. The van der Waals surface area contributed by atoms with Gasteiger partial charge in [-0.3, -0.25) is 0 Å². The van der Waals surface area contributed by atoms with E-state index >= 15 is 0 Å². The largest absolute Gasteiger partial charge is 0.343 e. The number of aryl methyl sites for hydroxylation is 3. The van der Waals surface area contributed by atoms with Crippen LogP contribution in [0, 0.1) is 6.92 Å². The third kappa shape index (κ3) is 1.07. The summed E-state index contributed by atoms with van der Waals surface area (Å²) >= 11 is 0. The Hall–Kier alpha value is -1.31. The minimum Gasteiger partial charge on any atom is -0.343 e. The van der Waals surface area contributed by atoms with Gasteiger partial charge in [-0.05, 0) is 50.3 Å². The van der Waals surface area contributed by atoms with E-state index in [0.717, 1.165) is 11.3 Å². The fourth-order valence-electron chi connectivity index (χ4n) is 2.38. The third-order valence-corrected chi connectivity index (χ3v) is 3.10. The van der Waals surface area contributed by atoms with Gasteiger partial charge in [0.1, 0.15) is 5.65 Å². The van der Waals surface area contributed by atoms with Crippen LogP contribution in [0.2, 0.25) is 0 Å². The smallest absolute Gasteiger partial charge is 0.138 e. The first kappa shape index (κ1) is 8.04. The normalized spacial score (nSPS) is 15.8. The predicted molar refractivity (Wildman–Crippen MR) is 57.5 cm³/mol. The van der Waals surface area contributed by atoms with Crippen molar-refractivity contribution in [2.24, 2.45) is 0 Å². The molecule has 3 rings (SSSR count). The molecule has 2 nitrogen and oxygen atoms in total. The first-order valence-corrected chi connectivity index (χ1v) is 5.32. The summed E-state index contributed by atoms with van der Waals surface area (Å²) in [7, 11) is 0. The average Bonchev–Trinajstić information content (AvgIpc) is 2.54. The summed E-state index contributed by atoms with van der Waals surface area (Å²) in [6, 6.07) is 4.31. The maximum atomic E-state index is 4.53. The molecule has 1 N–H and O–H groups in total. The summed E-state index contributed by atoms with van der Waals surface area (Å²) in [5.74, 6) is 0. The van der Waals surface area contributed by atoms with E-state index in [2.05, 4.69) is 22.1 Å². The van der Waals surface area contributed by atoms with Gasteiger partial charge in [0.15, 0.2) is 0 Å². The van der Waals surface area contributed by atoms with E-state index in [4.69, 9.17) is 0 Å². The van der Waals surface area contributed by atoms with Crippen LogP contribution in [0.25, 0.3) is 11.0 Å². The van der Waals surface area contributed by atoms with Crippen molar-refractivity contribution in [3.63, 3.8) is 0 Å². The van der Waals surface area contributed by atoms with Crippen LogP contribution in [0.15, 0.2) is 12.1 Å². The molecule has 0 fully saturated rings. The highest BCUT2D eigenvalue weighted by atomic mass is 14.9. The van der Waals surface area contributed by atoms with Crippen LogP contribution < -0.4 is 0 Å². The molecule has 0 spiro atoms. The Bertz CT molecular complexity index is 482. The van der Waals surface area contributed by atoms with Crippen LogP contribution in [-0.4, -0.2) is 9.97 Å². The zero-order chi connectivity index (χ0) is 9.54. The van der Waals surface area contributed by atoms with Crippen LogP contribution in [0.1, 0.15) is 29.8 Å². The van der Waals surface area contributed by atoms with E-state index in [1.54, 1.807) is 0 Å². The molecular formula is C12H14N2. The SMILES string of the molecule is Cc1ccc2c3c([nH]c2n1)CCCC3. The van der Waals surface area contributed by atoms with Crippen molar-refractivity contribution in [2.45, 2.75) is 32.6 Å². The second-order valence-corrected chi connectivity index (χ2v) is 4.14. The zero-order valence-electron chi connectivity index (χ0n) is 8.43. The molecule has 0 radical (unpaired) electrons. The van der Waals surface area contributed by atoms with Gasteiger partial charge in [0.05, 0.1) is 0 Å². The summed E-state index contributed by atoms with van der Waals surface area (Å²) in [5.41, 5.74) is 5.11. The Labute approximate surface area is 83.4 Å². The summed E-state index contributed by atoms with van der Waals surface area (Å²) in [6.45, 7) is 2.04. The van der Waals surface area contributed by atoms with E-state index < -0.39 is 0 Å². The molecule has 0 amide bonds. The fourth-order valence-corrected chi connectivity index (χ4v) is 2.38. The van der Waals surface area contributed by atoms with Crippen LogP contribution in [0.3, 0.4) is 0 Å². The lowest BCUT2D eigenvalue weighted by Gasteiger charge is -2.09. The number of rotatable bonds is 0. The second kappa shape index (κ2) is 2.84. The molecule has 0 saturated carbocycles. The monoisotopic (exact) mass is 186 g/mol. The van der Waals surface area contributed by atoms with Crippen molar-refractivity contribution < 1.29 is 0 Å². The van der Waals surface area contributed by atoms with Gasteiger partial charge in [-0.15, -0.1) is 0 Å². The van der Waals surface area contributed by atoms with Gasteiger partial charge >= 0.3 is 0 Å². The fraction of sp³-hybridized carbons (Fsp3) is 0.417. The standard InChI is InChI=1S/C12H14N2/c1-8-6-7-10-9-4-2-3-5-11(9)14-12(10)13-8/h6-7H,2-5H2,1H3,(H,13,14). The quantitative estimate of drug-likeness (QED) is 0.673. The number of H-pyrrole nitrogens is 1. The first-order chi connectivity index (χ1) is 6.84. The van der Waals surface area contributed by atoms with Crippen molar-refractivity contribution >= 4 is 11.0 Å². The Morgan fingerprint density at radius 3 is 3.00 bits per heavy atom. The summed E-state index contributed by atoms with van der Waals surface area (Å²) in [6.07, 6.45) is 5.07. The maximum Gasteiger partial charge on any atom is 0.138 e. The van der Waals surface area contributed by atoms with Crippen molar-refractivity contribution in [1.29, 1.82) is 0 Å². The van der Waals surface area contributed by atoms with Crippen molar-refractivity contribution in [3.05, 3.63) is 29.1 Å². The van der Waals surface area contributed by atoms with Gasteiger partial charge in [-0.25, -0.2) is 4.98 Å². The topological polar surface area (TPSA) is 28.7 Å². The minimum atomic E-state index is 1.08. The summed E-state index contributed by atoms with van der Waals surface area (Å²) in [4.78, 5) is 7.97. The molecule has 1 aliphatic carbocycles. The van der Waals surface area contributed by atoms with Crippen LogP contribution in [-0.2, 0) is 12.8 Å². The van der Waals surface area contributed by atoms with Gasteiger partial charge in [0, 0.05) is 16.8 Å². The molecule has 2 aromatic rings.